The summed E-state index contributed by atoms with van der Waals surface area (Å²) < 4.78 is 37.5. The van der Waals surface area contributed by atoms with Gasteiger partial charge in [0.15, 0.2) is 0 Å². The molecule has 2 rings (SSSR count). The van der Waals surface area contributed by atoms with Gasteiger partial charge in [0, 0.05) is 32.1 Å². The second-order valence-corrected chi connectivity index (χ2v) is 6.64. The van der Waals surface area contributed by atoms with E-state index in [1.165, 1.54) is 0 Å². The molecule has 0 aromatic heterocycles. The first kappa shape index (κ1) is 19.0. The van der Waals surface area contributed by atoms with Gasteiger partial charge in [-0.05, 0) is 18.8 Å². The molecular formula is C16H26F3N3O2. The minimum Gasteiger partial charge on any atom is -0.342 e. The SMILES string of the molecule is CCC(=O)N1CC[C@H](N[C@@H]2CCN(CC(F)(F)F)C2=O)[C@H](CC)C1. The van der Waals surface area contributed by atoms with E-state index in [0.29, 0.717) is 25.9 Å². The Morgan fingerprint density at radius 1 is 1.25 bits per heavy atom. The van der Waals surface area contributed by atoms with Crippen LogP contribution in [0.2, 0.25) is 0 Å². The molecule has 24 heavy (non-hydrogen) atoms. The van der Waals surface area contributed by atoms with Gasteiger partial charge in [0.05, 0.1) is 6.04 Å². The van der Waals surface area contributed by atoms with Gasteiger partial charge in [-0.3, -0.25) is 9.59 Å². The fourth-order valence-electron chi connectivity index (χ4n) is 3.64. The number of hydrogen-bond acceptors (Lipinski definition) is 3. The smallest absolute Gasteiger partial charge is 0.342 e. The minimum absolute atomic E-state index is 0.0655. The maximum absolute atomic E-state index is 12.5. The van der Waals surface area contributed by atoms with Gasteiger partial charge in [-0.1, -0.05) is 20.3 Å². The van der Waals surface area contributed by atoms with Crippen LogP contribution in [0, 0.1) is 5.92 Å². The summed E-state index contributed by atoms with van der Waals surface area (Å²) in [5.41, 5.74) is 0. The highest BCUT2D eigenvalue weighted by Crippen LogP contribution is 2.25. The summed E-state index contributed by atoms with van der Waals surface area (Å²) in [4.78, 5) is 26.7. The number of likely N-dealkylation sites (tertiary alicyclic amines) is 2. The summed E-state index contributed by atoms with van der Waals surface area (Å²) in [5, 5.41) is 3.27. The second kappa shape index (κ2) is 7.72. The fourth-order valence-corrected chi connectivity index (χ4v) is 3.64. The van der Waals surface area contributed by atoms with Gasteiger partial charge in [-0.15, -0.1) is 0 Å². The van der Waals surface area contributed by atoms with Crippen molar-refractivity contribution in [1.82, 2.24) is 15.1 Å². The quantitative estimate of drug-likeness (QED) is 0.823. The molecule has 8 heteroatoms. The first-order chi connectivity index (χ1) is 11.2. The van der Waals surface area contributed by atoms with E-state index in [-0.39, 0.29) is 24.4 Å². The number of nitrogens with zero attached hydrogens (tertiary/aromatic N) is 2. The largest absolute Gasteiger partial charge is 0.406 e. The Kier molecular flexibility index (Phi) is 6.11. The Hall–Kier alpha value is -1.31. The lowest BCUT2D eigenvalue weighted by Gasteiger charge is -2.39. The van der Waals surface area contributed by atoms with Crippen molar-refractivity contribution in [1.29, 1.82) is 0 Å². The number of piperidine rings is 1. The Morgan fingerprint density at radius 3 is 2.54 bits per heavy atom. The normalized spacial score (nSPS) is 28.5. The highest BCUT2D eigenvalue weighted by molar-refractivity contribution is 5.84. The van der Waals surface area contributed by atoms with E-state index in [1.807, 2.05) is 18.7 Å². The highest BCUT2D eigenvalue weighted by atomic mass is 19.4. The average molecular weight is 349 g/mol. The molecule has 2 heterocycles. The third kappa shape index (κ3) is 4.62. The van der Waals surface area contributed by atoms with Crippen molar-refractivity contribution >= 4 is 11.8 Å². The monoisotopic (exact) mass is 349 g/mol. The van der Waals surface area contributed by atoms with Crippen molar-refractivity contribution in [3.63, 3.8) is 0 Å². The van der Waals surface area contributed by atoms with Crippen molar-refractivity contribution < 1.29 is 22.8 Å². The molecule has 2 amide bonds. The molecule has 0 unspecified atom stereocenters. The molecule has 5 nitrogen and oxygen atoms in total. The molecular weight excluding hydrogens is 323 g/mol. The number of hydrogen-bond donors (Lipinski definition) is 1. The molecule has 138 valence electrons. The zero-order chi connectivity index (χ0) is 17.9. The molecule has 0 aliphatic carbocycles. The lowest BCUT2D eigenvalue weighted by atomic mass is 9.89. The summed E-state index contributed by atoms with van der Waals surface area (Å²) in [6.45, 7) is 4.11. The van der Waals surface area contributed by atoms with Gasteiger partial charge in [0.2, 0.25) is 11.8 Å². The fraction of sp³-hybridized carbons (Fsp3) is 0.875. The molecule has 2 saturated heterocycles. The van der Waals surface area contributed by atoms with Gasteiger partial charge in [0.1, 0.15) is 6.54 Å². The second-order valence-electron chi connectivity index (χ2n) is 6.64. The lowest BCUT2D eigenvalue weighted by Crippen LogP contribution is -2.54. The van der Waals surface area contributed by atoms with Gasteiger partial charge >= 0.3 is 6.18 Å². The molecule has 0 radical (unpaired) electrons. The zero-order valence-electron chi connectivity index (χ0n) is 14.2. The summed E-state index contributed by atoms with van der Waals surface area (Å²) in [6, 6.07) is -0.476. The van der Waals surface area contributed by atoms with Crippen molar-refractivity contribution in [3.05, 3.63) is 0 Å². The molecule has 0 spiro atoms. The summed E-state index contributed by atoms with van der Waals surface area (Å²) >= 11 is 0. The minimum atomic E-state index is -4.36. The number of carbonyl (C=O) groups is 2. The Bertz CT molecular complexity index is 470. The van der Waals surface area contributed by atoms with Gasteiger partial charge in [-0.2, -0.15) is 13.2 Å². The number of nitrogens with one attached hydrogen (secondary N) is 1. The number of rotatable bonds is 5. The molecule has 0 aromatic carbocycles. The van der Waals surface area contributed by atoms with Crippen molar-refractivity contribution in [2.24, 2.45) is 5.92 Å². The maximum atomic E-state index is 12.5. The molecule has 2 aliphatic heterocycles. The van der Waals surface area contributed by atoms with E-state index >= 15 is 0 Å². The predicted molar refractivity (Wildman–Crippen MR) is 83.2 cm³/mol. The topological polar surface area (TPSA) is 52.7 Å². The van der Waals surface area contributed by atoms with E-state index in [2.05, 4.69) is 5.32 Å². The number of carbonyl (C=O) groups excluding carboxylic acids is 2. The molecule has 3 atom stereocenters. The van der Waals surface area contributed by atoms with E-state index < -0.39 is 24.7 Å². The van der Waals surface area contributed by atoms with Crippen LogP contribution < -0.4 is 5.32 Å². The van der Waals surface area contributed by atoms with Crippen LogP contribution in [0.5, 0.6) is 0 Å². The van der Waals surface area contributed by atoms with Gasteiger partial charge < -0.3 is 15.1 Å². The maximum Gasteiger partial charge on any atom is 0.406 e. The number of amides is 2. The van der Waals surface area contributed by atoms with Gasteiger partial charge in [0.25, 0.3) is 0 Å². The third-order valence-electron chi connectivity index (χ3n) is 5.00. The molecule has 0 aromatic rings. The van der Waals surface area contributed by atoms with Crippen LogP contribution in [0.3, 0.4) is 0 Å². The van der Waals surface area contributed by atoms with Crippen LogP contribution in [0.15, 0.2) is 0 Å². The lowest BCUT2D eigenvalue weighted by molar-refractivity contribution is -0.158. The van der Waals surface area contributed by atoms with Crippen LogP contribution in [0.25, 0.3) is 0 Å². The standard InChI is InChI=1S/C16H26F3N3O2/c1-3-11-9-21(14(23)4-2)7-5-12(11)20-13-6-8-22(15(13)24)10-16(17,18)19/h11-13,20H,3-10H2,1-2H3/t11-,12+,13-/m1/s1. The Balaban J connectivity index is 1.91. The van der Waals surface area contributed by atoms with Crippen LogP contribution >= 0.6 is 0 Å². The van der Waals surface area contributed by atoms with E-state index in [1.54, 1.807) is 0 Å². The van der Waals surface area contributed by atoms with Crippen LogP contribution in [-0.4, -0.2) is 66.1 Å². The van der Waals surface area contributed by atoms with E-state index in [9.17, 15) is 22.8 Å². The molecule has 1 N–H and O–H groups in total. The zero-order valence-corrected chi connectivity index (χ0v) is 14.2. The molecule has 2 aliphatic rings. The number of alkyl halides is 3. The van der Waals surface area contributed by atoms with Crippen molar-refractivity contribution in [3.8, 4) is 0 Å². The summed E-state index contributed by atoms with van der Waals surface area (Å²) in [5.74, 6) is -0.117. The first-order valence-corrected chi connectivity index (χ1v) is 8.64. The Labute approximate surface area is 140 Å². The van der Waals surface area contributed by atoms with Crippen LogP contribution in [-0.2, 0) is 9.59 Å². The van der Waals surface area contributed by atoms with Crippen LogP contribution in [0.1, 0.15) is 39.5 Å². The highest BCUT2D eigenvalue weighted by Gasteiger charge is 2.41. The summed E-state index contributed by atoms with van der Waals surface area (Å²) in [6.07, 6.45) is -1.89. The molecule has 0 saturated carbocycles. The van der Waals surface area contributed by atoms with Crippen LogP contribution in [0.4, 0.5) is 13.2 Å². The summed E-state index contributed by atoms with van der Waals surface area (Å²) in [7, 11) is 0. The van der Waals surface area contributed by atoms with E-state index in [4.69, 9.17) is 0 Å². The predicted octanol–water partition coefficient (Wildman–Crippen LogP) is 1.78. The average Bonchev–Trinajstić information content (AvgIpc) is 2.86. The van der Waals surface area contributed by atoms with Crippen molar-refractivity contribution in [2.75, 3.05) is 26.2 Å². The van der Waals surface area contributed by atoms with Crippen molar-refractivity contribution in [2.45, 2.75) is 57.8 Å². The third-order valence-corrected chi connectivity index (χ3v) is 5.00. The Morgan fingerprint density at radius 2 is 1.96 bits per heavy atom. The number of halogens is 3. The molecule has 2 fully saturated rings. The van der Waals surface area contributed by atoms with E-state index in [0.717, 1.165) is 17.7 Å². The first-order valence-electron chi connectivity index (χ1n) is 8.64. The van der Waals surface area contributed by atoms with Gasteiger partial charge in [-0.25, -0.2) is 0 Å². The molecule has 0 bridgehead atoms.